The van der Waals surface area contributed by atoms with Gasteiger partial charge in [0.15, 0.2) is 0 Å². The minimum Gasteiger partial charge on any atom is -0.497 e. The second kappa shape index (κ2) is 9.09. The number of nitrogens with one attached hydrogen (secondary N) is 1. The van der Waals surface area contributed by atoms with Crippen molar-refractivity contribution in [2.45, 2.75) is 25.9 Å². The van der Waals surface area contributed by atoms with E-state index in [2.05, 4.69) is 10.3 Å². The zero-order valence-corrected chi connectivity index (χ0v) is 18.3. The van der Waals surface area contributed by atoms with E-state index in [-0.39, 0.29) is 18.2 Å². The number of ether oxygens (including phenoxy) is 2. The van der Waals surface area contributed by atoms with Crippen molar-refractivity contribution in [1.82, 2.24) is 10.3 Å². The highest BCUT2D eigenvalue weighted by molar-refractivity contribution is 6.11. The summed E-state index contributed by atoms with van der Waals surface area (Å²) < 4.78 is 10.6. The van der Waals surface area contributed by atoms with Gasteiger partial charge < -0.3 is 14.8 Å². The van der Waals surface area contributed by atoms with Gasteiger partial charge in [0.2, 0.25) is 5.91 Å². The first-order valence-corrected chi connectivity index (χ1v) is 10.3. The Kier molecular flexibility index (Phi) is 6.07. The number of aryl methyl sites for hydroxylation is 1. The van der Waals surface area contributed by atoms with Gasteiger partial charge in [-0.2, -0.15) is 0 Å². The van der Waals surface area contributed by atoms with Crippen molar-refractivity contribution in [1.29, 1.82) is 0 Å². The SMILES string of the molecule is COc1ccc(CNC(=O)C[C@@H]2c3ncccc3C(=O)N2c2ccc(C)cc2)c(OC)c1. The molecule has 0 radical (unpaired) electrons. The molecule has 7 nitrogen and oxygen atoms in total. The van der Waals surface area contributed by atoms with Gasteiger partial charge in [-0.05, 0) is 43.3 Å². The lowest BCUT2D eigenvalue weighted by Crippen LogP contribution is -2.33. The van der Waals surface area contributed by atoms with Gasteiger partial charge in [-0.15, -0.1) is 0 Å². The second-order valence-electron chi connectivity index (χ2n) is 7.62. The van der Waals surface area contributed by atoms with E-state index in [4.69, 9.17) is 9.47 Å². The van der Waals surface area contributed by atoms with E-state index in [1.165, 1.54) is 0 Å². The molecule has 1 N–H and O–H groups in total. The van der Waals surface area contributed by atoms with E-state index in [1.807, 2.05) is 43.3 Å². The van der Waals surface area contributed by atoms with Crippen LogP contribution in [0.2, 0.25) is 0 Å². The molecule has 0 spiro atoms. The molecule has 2 aromatic carbocycles. The molecule has 1 atom stereocenters. The maximum absolute atomic E-state index is 13.1. The van der Waals surface area contributed by atoms with Crippen LogP contribution in [0.3, 0.4) is 0 Å². The fourth-order valence-electron chi connectivity index (χ4n) is 3.89. The van der Waals surface area contributed by atoms with Crippen LogP contribution < -0.4 is 19.7 Å². The van der Waals surface area contributed by atoms with E-state index in [1.54, 1.807) is 43.5 Å². The molecule has 0 saturated heterocycles. The molecule has 7 heteroatoms. The first-order chi connectivity index (χ1) is 15.5. The number of benzene rings is 2. The maximum Gasteiger partial charge on any atom is 0.260 e. The van der Waals surface area contributed by atoms with Gasteiger partial charge in [-0.3, -0.25) is 19.5 Å². The quantitative estimate of drug-likeness (QED) is 0.615. The summed E-state index contributed by atoms with van der Waals surface area (Å²) in [6.07, 6.45) is 1.75. The molecule has 32 heavy (non-hydrogen) atoms. The molecule has 164 valence electrons. The largest absolute Gasteiger partial charge is 0.497 e. The number of methoxy groups -OCH3 is 2. The van der Waals surface area contributed by atoms with Crippen molar-refractivity contribution >= 4 is 17.5 Å². The Morgan fingerprint density at radius 3 is 2.59 bits per heavy atom. The topological polar surface area (TPSA) is 80.8 Å². The molecule has 0 saturated carbocycles. The van der Waals surface area contributed by atoms with E-state index in [0.717, 1.165) is 16.8 Å². The molecular weight excluding hydrogens is 406 g/mol. The highest BCUT2D eigenvalue weighted by Gasteiger charge is 2.39. The molecule has 0 unspecified atom stereocenters. The number of carbonyl (C=O) groups is 2. The third-order valence-electron chi connectivity index (χ3n) is 5.58. The van der Waals surface area contributed by atoms with Crippen LogP contribution in [-0.2, 0) is 11.3 Å². The summed E-state index contributed by atoms with van der Waals surface area (Å²) in [6.45, 7) is 2.29. The molecule has 2 amide bonds. The molecule has 4 rings (SSSR count). The highest BCUT2D eigenvalue weighted by atomic mass is 16.5. The second-order valence-corrected chi connectivity index (χ2v) is 7.62. The Hall–Kier alpha value is -3.87. The molecule has 1 aliphatic rings. The fraction of sp³-hybridized carbons (Fsp3) is 0.240. The molecule has 3 aromatic rings. The highest BCUT2D eigenvalue weighted by Crippen LogP contribution is 2.38. The summed E-state index contributed by atoms with van der Waals surface area (Å²) in [5.41, 5.74) is 3.82. The zero-order chi connectivity index (χ0) is 22.7. The van der Waals surface area contributed by atoms with Crippen molar-refractivity contribution in [3.8, 4) is 11.5 Å². The summed E-state index contributed by atoms with van der Waals surface area (Å²) >= 11 is 0. The summed E-state index contributed by atoms with van der Waals surface area (Å²) in [6, 6.07) is 16.2. The minimum atomic E-state index is -0.473. The summed E-state index contributed by atoms with van der Waals surface area (Å²) in [7, 11) is 3.16. The lowest BCUT2D eigenvalue weighted by Gasteiger charge is -2.25. The number of fused-ring (bicyclic) bond motifs is 1. The summed E-state index contributed by atoms with van der Waals surface area (Å²) in [5.74, 6) is 0.981. The van der Waals surface area contributed by atoms with Gasteiger partial charge in [0, 0.05) is 30.1 Å². The van der Waals surface area contributed by atoms with E-state index >= 15 is 0 Å². The molecule has 2 heterocycles. The average molecular weight is 431 g/mol. The fourth-order valence-corrected chi connectivity index (χ4v) is 3.89. The summed E-state index contributed by atoms with van der Waals surface area (Å²) in [4.78, 5) is 32.1. The van der Waals surface area contributed by atoms with Gasteiger partial charge >= 0.3 is 0 Å². The van der Waals surface area contributed by atoms with E-state index in [0.29, 0.717) is 29.3 Å². The van der Waals surface area contributed by atoms with Crippen LogP contribution in [0, 0.1) is 6.92 Å². The number of hydrogen-bond acceptors (Lipinski definition) is 5. The molecule has 0 bridgehead atoms. The smallest absolute Gasteiger partial charge is 0.260 e. The van der Waals surface area contributed by atoms with Gasteiger partial charge in [-0.25, -0.2) is 0 Å². The third kappa shape index (κ3) is 4.14. The van der Waals surface area contributed by atoms with Crippen LogP contribution in [0.15, 0.2) is 60.8 Å². The Morgan fingerprint density at radius 1 is 1.09 bits per heavy atom. The zero-order valence-electron chi connectivity index (χ0n) is 18.3. The van der Waals surface area contributed by atoms with Crippen molar-refractivity contribution in [3.05, 3.63) is 83.2 Å². The maximum atomic E-state index is 13.1. The Labute approximate surface area is 187 Å². The Bertz CT molecular complexity index is 1140. The predicted molar refractivity (Wildman–Crippen MR) is 121 cm³/mol. The van der Waals surface area contributed by atoms with E-state index < -0.39 is 6.04 Å². The Balaban J connectivity index is 1.54. The van der Waals surface area contributed by atoms with Crippen LogP contribution in [0.25, 0.3) is 0 Å². The lowest BCUT2D eigenvalue weighted by atomic mass is 10.1. The lowest BCUT2D eigenvalue weighted by molar-refractivity contribution is -0.121. The van der Waals surface area contributed by atoms with Crippen molar-refractivity contribution in [2.75, 3.05) is 19.1 Å². The van der Waals surface area contributed by atoms with Crippen LogP contribution in [0.1, 0.15) is 39.6 Å². The van der Waals surface area contributed by atoms with Crippen molar-refractivity contribution < 1.29 is 19.1 Å². The van der Waals surface area contributed by atoms with Gasteiger partial charge in [-0.1, -0.05) is 17.7 Å². The molecule has 1 aromatic heterocycles. The number of nitrogens with zero attached hydrogens (tertiary/aromatic N) is 2. The summed E-state index contributed by atoms with van der Waals surface area (Å²) in [5, 5.41) is 2.94. The third-order valence-corrected chi connectivity index (χ3v) is 5.58. The van der Waals surface area contributed by atoms with Gasteiger partial charge in [0.1, 0.15) is 11.5 Å². The van der Waals surface area contributed by atoms with Crippen molar-refractivity contribution in [3.63, 3.8) is 0 Å². The number of carbonyl (C=O) groups excluding carboxylic acids is 2. The first kappa shape index (κ1) is 21.4. The predicted octanol–water partition coefficient (Wildman–Crippen LogP) is 3.82. The molecule has 1 aliphatic heterocycles. The van der Waals surface area contributed by atoms with Crippen LogP contribution in [0.5, 0.6) is 11.5 Å². The number of rotatable bonds is 7. The normalized spacial score (nSPS) is 14.8. The molecule has 0 aliphatic carbocycles. The van der Waals surface area contributed by atoms with E-state index in [9.17, 15) is 9.59 Å². The van der Waals surface area contributed by atoms with Gasteiger partial charge in [0.25, 0.3) is 5.91 Å². The standard InChI is InChI=1S/C25H25N3O4/c1-16-6-9-18(10-7-16)28-21(24-20(25(28)30)5-4-12-26-24)14-23(29)27-15-17-8-11-19(31-2)13-22(17)32-3/h4-13,21H,14-15H2,1-3H3,(H,27,29)/t21-/m1/s1. The van der Waals surface area contributed by atoms with Crippen LogP contribution >= 0.6 is 0 Å². The first-order valence-electron chi connectivity index (χ1n) is 10.3. The molecular formula is C25H25N3O4. The minimum absolute atomic E-state index is 0.0993. The number of pyridine rings is 1. The number of aromatic nitrogens is 1. The number of amides is 2. The monoisotopic (exact) mass is 431 g/mol. The number of hydrogen-bond donors (Lipinski definition) is 1. The molecule has 0 fully saturated rings. The van der Waals surface area contributed by atoms with Gasteiger partial charge in [0.05, 0.1) is 37.9 Å². The average Bonchev–Trinajstić information content (AvgIpc) is 3.09. The number of anilines is 1. The Morgan fingerprint density at radius 2 is 1.88 bits per heavy atom. The van der Waals surface area contributed by atoms with Crippen molar-refractivity contribution in [2.24, 2.45) is 0 Å². The van der Waals surface area contributed by atoms with Crippen LogP contribution in [-0.4, -0.2) is 31.0 Å². The van der Waals surface area contributed by atoms with Crippen LogP contribution in [0.4, 0.5) is 5.69 Å².